The van der Waals surface area contributed by atoms with Crippen molar-refractivity contribution in [2.45, 2.75) is 26.7 Å². The van der Waals surface area contributed by atoms with Gasteiger partial charge in [0.25, 0.3) is 0 Å². The van der Waals surface area contributed by atoms with Crippen molar-refractivity contribution in [3.05, 3.63) is 23.8 Å². The summed E-state index contributed by atoms with van der Waals surface area (Å²) in [4.78, 5) is 11.8. The van der Waals surface area contributed by atoms with Gasteiger partial charge in [0.05, 0.1) is 19.6 Å². The van der Waals surface area contributed by atoms with Crippen molar-refractivity contribution in [3.63, 3.8) is 0 Å². The lowest BCUT2D eigenvalue weighted by atomic mass is 10.1. The Bertz CT molecular complexity index is 443. The fraction of sp³-hybridized carbons (Fsp3) is 0.533. The van der Waals surface area contributed by atoms with E-state index in [4.69, 9.17) is 9.47 Å². The molecule has 1 aliphatic rings. The standard InChI is InChI=1S/C15H21NO3/c1-11(2)10-16-15(17)9-12-4-5-13-14(8-12)19-7-3-6-18-13/h4-5,8,11H,3,6-7,9-10H2,1-2H3,(H,16,17). The van der Waals surface area contributed by atoms with Crippen molar-refractivity contribution in [2.75, 3.05) is 19.8 Å². The Hall–Kier alpha value is -1.71. The van der Waals surface area contributed by atoms with Gasteiger partial charge in [-0.3, -0.25) is 4.79 Å². The Labute approximate surface area is 114 Å². The normalized spacial score (nSPS) is 14.1. The minimum absolute atomic E-state index is 0.0446. The Kier molecular flexibility index (Phi) is 4.66. The molecule has 2 rings (SSSR count). The maximum Gasteiger partial charge on any atom is 0.224 e. The lowest BCUT2D eigenvalue weighted by molar-refractivity contribution is -0.120. The zero-order valence-corrected chi connectivity index (χ0v) is 11.6. The highest BCUT2D eigenvalue weighted by molar-refractivity contribution is 5.78. The van der Waals surface area contributed by atoms with E-state index in [-0.39, 0.29) is 5.91 Å². The van der Waals surface area contributed by atoms with Crippen molar-refractivity contribution in [1.29, 1.82) is 0 Å². The van der Waals surface area contributed by atoms with Gasteiger partial charge in [0.15, 0.2) is 11.5 Å². The van der Waals surface area contributed by atoms with Gasteiger partial charge in [0.1, 0.15) is 0 Å². The summed E-state index contributed by atoms with van der Waals surface area (Å²) >= 11 is 0. The molecule has 1 N–H and O–H groups in total. The second kappa shape index (κ2) is 6.45. The number of carbonyl (C=O) groups excluding carboxylic acids is 1. The van der Waals surface area contributed by atoms with Crippen LogP contribution in [-0.2, 0) is 11.2 Å². The van der Waals surface area contributed by atoms with Crippen molar-refractivity contribution in [1.82, 2.24) is 5.32 Å². The lowest BCUT2D eigenvalue weighted by Gasteiger charge is -2.10. The number of benzene rings is 1. The van der Waals surface area contributed by atoms with Gasteiger partial charge >= 0.3 is 0 Å². The molecule has 0 aromatic heterocycles. The van der Waals surface area contributed by atoms with E-state index >= 15 is 0 Å². The van der Waals surface area contributed by atoms with E-state index in [0.29, 0.717) is 32.1 Å². The molecule has 1 aromatic carbocycles. The van der Waals surface area contributed by atoms with E-state index in [9.17, 15) is 4.79 Å². The summed E-state index contributed by atoms with van der Waals surface area (Å²) < 4.78 is 11.2. The van der Waals surface area contributed by atoms with Crippen LogP contribution in [0, 0.1) is 5.92 Å². The second-order valence-electron chi connectivity index (χ2n) is 5.21. The van der Waals surface area contributed by atoms with Crippen molar-refractivity contribution >= 4 is 5.91 Å². The van der Waals surface area contributed by atoms with E-state index < -0.39 is 0 Å². The molecule has 0 bridgehead atoms. The van der Waals surface area contributed by atoms with Crippen LogP contribution in [0.15, 0.2) is 18.2 Å². The quantitative estimate of drug-likeness (QED) is 0.905. The fourth-order valence-electron chi connectivity index (χ4n) is 1.88. The maximum absolute atomic E-state index is 11.8. The van der Waals surface area contributed by atoms with Gasteiger partial charge in [0.2, 0.25) is 5.91 Å². The van der Waals surface area contributed by atoms with Gasteiger partial charge in [-0.05, 0) is 23.6 Å². The third kappa shape index (κ3) is 4.16. The topological polar surface area (TPSA) is 47.6 Å². The van der Waals surface area contributed by atoms with Crippen LogP contribution in [0.3, 0.4) is 0 Å². The van der Waals surface area contributed by atoms with Crippen molar-refractivity contribution in [3.8, 4) is 11.5 Å². The van der Waals surface area contributed by atoms with Crippen LogP contribution in [0.1, 0.15) is 25.8 Å². The summed E-state index contributed by atoms with van der Waals surface area (Å²) in [5, 5.41) is 2.91. The third-order valence-electron chi connectivity index (χ3n) is 2.88. The van der Waals surface area contributed by atoms with Crippen LogP contribution >= 0.6 is 0 Å². The number of hydrogen-bond donors (Lipinski definition) is 1. The Morgan fingerprint density at radius 3 is 2.74 bits per heavy atom. The molecule has 0 fully saturated rings. The number of carbonyl (C=O) groups is 1. The smallest absolute Gasteiger partial charge is 0.224 e. The van der Waals surface area contributed by atoms with Crippen LogP contribution in [0.5, 0.6) is 11.5 Å². The maximum atomic E-state index is 11.8. The first-order valence-corrected chi connectivity index (χ1v) is 6.80. The molecule has 0 radical (unpaired) electrons. The highest BCUT2D eigenvalue weighted by atomic mass is 16.5. The molecular formula is C15H21NO3. The number of ether oxygens (including phenoxy) is 2. The van der Waals surface area contributed by atoms with Crippen LogP contribution in [0.4, 0.5) is 0 Å². The van der Waals surface area contributed by atoms with E-state index in [1.807, 2.05) is 18.2 Å². The van der Waals surface area contributed by atoms with Gasteiger partial charge in [-0.25, -0.2) is 0 Å². The first kappa shape index (κ1) is 13.7. The third-order valence-corrected chi connectivity index (χ3v) is 2.88. The predicted molar refractivity (Wildman–Crippen MR) is 73.6 cm³/mol. The number of fused-ring (bicyclic) bond motifs is 1. The second-order valence-corrected chi connectivity index (χ2v) is 5.21. The molecule has 1 aliphatic heterocycles. The van der Waals surface area contributed by atoms with E-state index in [1.54, 1.807) is 0 Å². The largest absolute Gasteiger partial charge is 0.490 e. The average Bonchev–Trinajstić information content (AvgIpc) is 2.61. The highest BCUT2D eigenvalue weighted by Crippen LogP contribution is 2.30. The lowest BCUT2D eigenvalue weighted by Crippen LogP contribution is -2.28. The molecule has 1 heterocycles. The van der Waals surface area contributed by atoms with E-state index in [0.717, 1.165) is 23.5 Å². The highest BCUT2D eigenvalue weighted by Gasteiger charge is 2.12. The van der Waals surface area contributed by atoms with E-state index in [1.165, 1.54) is 0 Å². The SMILES string of the molecule is CC(C)CNC(=O)Cc1ccc2c(c1)OCCCO2. The van der Waals surface area contributed by atoms with Gasteiger partial charge in [0, 0.05) is 13.0 Å². The molecule has 0 unspecified atom stereocenters. The Morgan fingerprint density at radius 2 is 2.00 bits per heavy atom. The molecule has 19 heavy (non-hydrogen) atoms. The summed E-state index contributed by atoms with van der Waals surface area (Å²) in [5.41, 5.74) is 0.950. The first-order chi connectivity index (χ1) is 9.15. The molecule has 104 valence electrons. The Balaban J connectivity index is 1.97. The monoisotopic (exact) mass is 263 g/mol. The zero-order chi connectivity index (χ0) is 13.7. The molecule has 4 nitrogen and oxygen atoms in total. The molecule has 0 atom stereocenters. The minimum Gasteiger partial charge on any atom is -0.490 e. The summed E-state index contributed by atoms with van der Waals surface area (Å²) in [7, 11) is 0. The van der Waals surface area contributed by atoms with Crippen LogP contribution in [0.25, 0.3) is 0 Å². The number of nitrogens with one attached hydrogen (secondary N) is 1. The molecule has 0 saturated carbocycles. The van der Waals surface area contributed by atoms with Crippen LogP contribution in [-0.4, -0.2) is 25.7 Å². The van der Waals surface area contributed by atoms with Crippen LogP contribution < -0.4 is 14.8 Å². The molecule has 0 saturated heterocycles. The molecule has 0 spiro atoms. The molecule has 1 amide bonds. The summed E-state index contributed by atoms with van der Waals surface area (Å²) in [6.07, 6.45) is 1.27. The van der Waals surface area contributed by atoms with Crippen molar-refractivity contribution in [2.24, 2.45) is 5.92 Å². The average molecular weight is 263 g/mol. The zero-order valence-electron chi connectivity index (χ0n) is 11.6. The summed E-state index contributed by atoms with van der Waals surface area (Å²) in [6.45, 7) is 6.21. The van der Waals surface area contributed by atoms with E-state index in [2.05, 4.69) is 19.2 Å². The molecular weight excluding hydrogens is 242 g/mol. The minimum atomic E-state index is 0.0446. The summed E-state index contributed by atoms with van der Waals surface area (Å²) in [5.74, 6) is 2.02. The first-order valence-electron chi connectivity index (χ1n) is 6.80. The fourth-order valence-corrected chi connectivity index (χ4v) is 1.88. The molecule has 1 aromatic rings. The molecule has 0 aliphatic carbocycles. The molecule has 4 heteroatoms. The Morgan fingerprint density at radius 1 is 1.26 bits per heavy atom. The van der Waals surface area contributed by atoms with Gasteiger partial charge in [-0.1, -0.05) is 19.9 Å². The number of hydrogen-bond acceptors (Lipinski definition) is 3. The van der Waals surface area contributed by atoms with Gasteiger partial charge < -0.3 is 14.8 Å². The summed E-state index contributed by atoms with van der Waals surface area (Å²) in [6, 6.07) is 5.70. The van der Waals surface area contributed by atoms with Gasteiger partial charge in [-0.15, -0.1) is 0 Å². The van der Waals surface area contributed by atoms with Crippen LogP contribution in [0.2, 0.25) is 0 Å². The number of rotatable bonds is 4. The number of amides is 1. The van der Waals surface area contributed by atoms with Gasteiger partial charge in [-0.2, -0.15) is 0 Å². The van der Waals surface area contributed by atoms with Crippen molar-refractivity contribution < 1.29 is 14.3 Å². The predicted octanol–water partition coefficient (Wildman–Crippen LogP) is 2.16.